The summed E-state index contributed by atoms with van der Waals surface area (Å²) in [5.41, 5.74) is 1.02. The maximum atomic E-state index is 13.1. The predicted molar refractivity (Wildman–Crippen MR) is 121 cm³/mol. The van der Waals surface area contributed by atoms with Gasteiger partial charge in [-0.2, -0.15) is 4.31 Å². The van der Waals surface area contributed by atoms with E-state index in [0.29, 0.717) is 47.5 Å². The first-order valence-corrected chi connectivity index (χ1v) is 12.1. The van der Waals surface area contributed by atoms with Gasteiger partial charge in [0, 0.05) is 24.9 Å². The number of carbonyl (C=O) groups excluding carboxylic acids is 1. The molecule has 2 aliphatic rings. The number of hydrogen-bond acceptors (Lipinski definition) is 6. The van der Waals surface area contributed by atoms with Crippen LogP contribution >= 0.6 is 11.6 Å². The second kappa shape index (κ2) is 9.40. The lowest BCUT2D eigenvalue weighted by molar-refractivity contribution is -0.111. The molecule has 2 aromatic rings. The molecule has 8 nitrogen and oxygen atoms in total. The third-order valence-corrected chi connectivity index (χ3v) is 7.27. The van der Waals surface area contributed by atoms with Crippen LogP contribution in [0.5, 0.6) is 17.2 Å². The van der Waals surface area contributed by atoms with E-state index in [9.17, 15) is 13.2 Å². The summed E-state index contributed by atoms with van der Waals surface area (Å²) in [7, 11) is -3.72. The van der Waals surface area contributed by atoms with Crippen molar-refractivity contribution in [1.82, 2.24) is 4.31 Å². The molecule has 170 valence electrons. The Morgan fingerprint density at radius 3 is 2.75 bits per heavy atom. The van der Waals surface area contributed by atoms with E-state index in [4.69, 9.17) is 25.8 Å². The van der Waals surface area contributed by atoms with Crippen LogP contribution in [0.25, 0.3) is 6.08 Å². The molecule has 0 aliphatic carbocycles. The second-order valence-corrected chi connectivity index (χ2v) is 9.58. The van der Waals surface area contributed by atoms with Crippen molar-refractivity contribution in [2.45, 2.75) is 24.7 Å². The number of benzene rings is 2. The van der Waals surface area contributed by atoms with E-state index in [1.807, 2.05) is 0 Å². The third-order valence-electron chi connectivity index (χ3n) is 5.07. The van der Waals surface area contributed by atoms with Crippen molar-refractivity contribution < 1.29 is 27.4 Å². The summed E-state index contributed by atoms with van der Waals surface area (Å²) >= 11 is 6.16. The number of ether oxygens (including phenoxy) is 3. The van der Waals surface area contributed by atoms with Gasteiger partial charge in [0.05, 0.1) is 11.6 Å². The van der Waals surface area contributed by atoms with Crippen molar-refractivity contribution in [3.63, 3.8) is 0 Å². The Morgan fingerprint density at radius 2 is 2.00 bits per heavy atom. The summed E-state index contributed by atoms with van der Waals surface area (Å²) in [4.78, 5) is 12.5. The summed E-state index contributed by atoms with van der Waals surface area (Å²) in [5.74, 6) is 0.839. The van der Waals surface area contributed by atoms with Crippen molar-refractivity contribution in [3.05, 3.63) is 47.0 Å². The molecule has 0 unspecified atom stereocenters. The molecule has 1 amide bonds. The zero-order valence-corrected chi connectivity index (χ0v) is 19.0. The molecule has 4 rings (SSSR count). The smallest absolute Gasteiger partial charge is 0.248 e. The van der Waals surface area contributed by atoms with E-state index in [0.717, 1.165) is 12.8 Å². The van der Waals surface area contributed by atoms with Gasteiger partial charge in [-0.25, -0.2) is 8.42 Å². The van der Waals surface area contributed by atoms with Crippen LogP contribution in [0.4, 0.5) is 5.69 Å². The standard InChI is InChI=1S/C22H23ClN2O6S/c1-2-29-18-7-6-16(13-20(18)32(27,28)25-9-3-4-10-25)24-21(26)8-5-15-11-17(23)22-19(12-15)30-14-31-22/h5-8,11-13H,2-4,9-10,14H2,1H3,(H,24,26)/b8-5+. The second-order valence-electron chi connectivity index (χ2n) is 7.26. The third kappa shape index (κ3) is 4.69. The minimum Gasteiger partial charge on any atom is -0.492 e. The number of hydrogen-bond donors (Lipinski definition) is 1. The van der Waals surface area contributed by atoms with Crippen LogP contribution in [0.2, 0.25) is 5.02 Å². The monoisotopic (exact) mass is 478 g/mol. The molecule has 0 bridgehead atoms. The van der Waals surface area contributed by atoms with Crippen molar-refractivity contribution in [2.24, 2.45) is 0 Å². The number of anilines is 1. The largest absolute Gasteiger partial charge is 0.492 e. The van der Waals surface area contributed by atoms with E-state index in [1.54, 1.807) is 37.3 Å². The summed E-state index contributed by atoms with van der Waals surface area (Å²) < 4.78 is 43.7. The van der Waals surface area contributed by atoms with Gasteiger partial charge in [0.2, 0.25) is 22.7 Å². The molecule has 0 aromatic heterocycles. The lowest BCUT2D eigenvalue weighted by Gasteiger charge is -2.19. The Hall–Kier alpha value is -2.75. The van der Waals surface area contributed by atoms with Gasteiger partial charge in [0.25, 0.3) is 0 Å². The van der Waals surface area contributed by atoms with Crippen LogP contribution < -0.4 is 19.5 Å². The molecular weight excluding hydrogens is 456 g/mol. The van der Waals surface area contributed by atoms with E-state index in [1.165, 1.54) is 16.4 Å². The van der Waals surface area contributed by atoms with Crippen molar-refractivity contribution in [1.29, 1.82) is 0 Å². The minimum atomic E-state index is -3.72. The predicted octanol–water partition coefficient (Wildman–Crippen LogP) is 3.90. The molecule has 2 heterocycles. The van der Waals surface area contributed by atoms with Crippen LogP contribution in [-0.4, -0.2) is 45.1 Å². The van der Waals surface area contributed by atoms with Gasteiger partial charge in [-0.3, -0.25) is 4.79 Å². The summed E-state index contributed by atoms with van der Waals surface area (Å²) in [6.07, 6.45) is 4.57. The SMILES string of the molecule is CCOc1ccc(NC(=O)/C=C/c2cc(Cl)c3c(c2)OCO3)cc1S(=O)(=O)N1CCCC1. The molecule has 0 spiro atoms. The fourth-order valence-corrected chi connectivity index (χ4v) is 5.52. The number of halogens is 1. The normalized spacial score (nSPS) is 15.9. The Labute approximate surface area is 191 Å². The highest BCUT2D eigenvalue weighted by Gasteiger charge is 2.30. The van der Waals surface area contributed by atoms with E-state index in [2.05, 4.69) is 5.32 Å². The lowest BCUT2D eigenvalue weighted by Crippen LogP contribution is -2.28. The Bertz CT molecular complexity index is 1160. The van der Waals surface area contributed by atoms with E-state index in [-0.39, 0.29) is 17.4 Å². The molecule has 0 atom stereocenters. The highest BCUT2D eigenvalue weighted by Crippen LogP contribution is 2.40. The van der Waals surface area contributed by atoms with E-state index < -0.39 is 15.9 Å². The minimum absolute atomic E-state index is 0.0468. The van der Waals surface area contributed by atoms with Gasteiger partial charge < -0.3 is 19.5 Å². The first-order valence-electron chi connectivity index (χ1n) is 10.2. The number of nitrogens with zero attached hydrogens (tertiary/aromatic N) is 1. The fraction of sp³-hybridized carbons (Fsp3) is 0.318. The number of amides is 1. The van der Waals surface area contributed by atoms with Crippen molar-refractivity contribution in [2.75, 3.05) is 31.8 Å². The molecule has 0 saturated carbocycles. The van der Waals surface area contributed by atoms with Crippen LogP contribution in [0.1, 0.15) is 25.3 Å². The Morgan fingerprint density at radius 1 is 1.22 bits per heavy atom. The van der Waals surface area contributed by atoms with Crippen LogP contribution in [0.3, 0.4) is 0 Å². The number of carbonyl (C=O) groups is 1. The average molecular weight is 479 g/mol. The number of nitrogens with one attached hydrogen (secondary N) is 1. The first-order chi connectivity index (χ1) is 15.4. The fourth-order valence-electron chi connectivity index (χ4n) is 3.57. The quantitative estimate of drug-likeness (QED) is 0.606. The summed E-state index contributed by atoms with van der Waals surface area (Å²) in [5, 5.41) is 3.09. The topological polar surface area (TPSA) is 94.2 Å². The lowest BCUT2D eigenvalue weighted by atomic mass is 10.2. The molecule has 0 radical (unpaired) electrons. The van der Waals surface area contributed by atoms with Gasteiger partial charge in [-0.15, -0.1) is 0 Å². The zero-order valence-electron chi connectivity index (χ0n) is 17.5. The number of sulfonamides is 1. The van der Waals surface area contributed by atoms with Gasteiger partial charge in [-0.05, 0) is 61.7 Å². The average Bonchev–Trinajstić information content (AvgIpc) is 3.46. The maximum absolute atomic E-state index is 13.1. The molecule has 2 aliphatic heterocycles. The number of rotatable bonds is 7. The van der Waals surface area contributed by atoms with Gasteiger partial charge in [-0.1, -0.05) is 11.6 Å². The van der Waals surface area contributed by atoms with Gasteiger partial charge >= 0.3 is 0 Å². The molecule has 1 saturated heterocycles. The summed E-state index contributed by atoms with van der Waals surface area (Å²) in [6, 6.07) is 7.98. The zero-order chi connectivity index (χ0) is 22.7. The molecule has 1 N–H and O–H groups in total. The number of fused-ring (bicyclic) bond motifs is 1. The van der Waals surface area contributed by atoms with Crippen LogP contribution in [-0.2, 0) is 14.8 Å². The first kappa shape index (κ1) is 22.4. The molecule has 2 aromatic carbocycles. The molecule has 32 heavy (non-hydrogen) atoms. The molecule has 10 heteroatoms. The summed E-state index contributed by atoms with van der Waals surface area (Å²) in [6.45, 7) is 3.17. The highest BCUT2D eigenvalue weighted by molar-refractivity contribution is 7.89. The highest BCUT2D eigenvalue weighted by atomic mass is 35.5. The Balaban J connectivity index is 1.53. The molecular formula is C22H23ClN2O6S. The molecule has 1 fully saturated rings. The maximum Gasteiger partial charge on any atom is 0.248 e. The van der Waals surface area contributed by atoms with Crippen LogP contribution in [0, 0.1) is 0 Å². The van der Waals surface area contributed by atoms with Crippen LogP contribution in [0.15, 0.2) is 41.3 Å². The van der Waals surface area contributed by atoms with Gasteiger partial charge in [0.1, 0.15) is 10.6 Å². The van der Waals surface area contributed by atoms with Crippen molar-refractivity contribution >= 4 is 39.3 Å². The van der Waals surface area contributed by atoms with E-state index >= 15 is 0 Å². The van der Waals surface area contributed by atoms with Gasteiger partial charge in [0.15, 0.2) is 11.5 Å². The Kier molecular flexibility index (Phi) is 6.59. The van der Waals surface area contributed by atoms with Crippen molar-refractivity contribution in [3.8, 4) is 17.2 Å².